The summed E-state index contributed by atoms with van der Waals surface area (Å²) < 4.78 is 0. The van der Waals surface area contributed by atoms with Gasteiger partial charge in [0.15, 0.2) is 0 Å². The number of hydrogen-bond acceptors (Lipinski definition) is 2. The topological polar surface area (TPSA) is 29.1 Å². The van der Waals surface area contributed by atoms with E-state index >= 15 is 0 Å². The molecule has 0 aliphatic carbocycles. The van der Waals surface area contributed by atoms with Gasteiger partial charge in [0.05, 0.1) is 0 Å². The Balaban J connectivity index is 1.73. The molecule has 1 amide bonds. The van der Waals surface area contributed by atoms with Crippen LogP contribution in [0, 0.1) is 13.8 Å². The van der Waals surface area contributed by atoms with Crippen LogP contribution in [0.2, 0.25) is 0 Å². The average molecular weight is 327 g/mol. The molecule has 0 bridgehead atoms. The molecule has 0 radical (unpaired) electrons. The largest absolute Gasteiger partial charge is 0.326 e. The van der Waals surface area contributed by atoms with Crippen molar-refractivity contribution >= 4 is 23.4 Å². The number of amides is 1. The van der Waals surface area contributed by atoms with Crippen LogP contribution in [0.1, 0.15) is 41.7 Å². The lowest BCUT2D eigenvalue weighted by atomic mass is 10.1. The molecule has 0 aromatic heterocycles. The van der Waals surface area contributed by atoms with E-state index in [0.717, 1.165) is 29.0 Å². The van der Waals surface area contributed by atoms with Crippen LogP contribution in [0.25, 0.3) is 0 Å². The van der Waals surface area contributed by atoms with Gasteiger partial charge in [-0.15, -0.1) is 0 Å². The number of carbonyl (C=O) groups is 1. The van der Waals surface area contributed by atoms with Gasteiger partial charge in [0.2, 0.25) is 5.91 Å². The van der Waals surface area contributed by atoms with Crippen LogP contribution in [-0.2, 0) is 4.79 Å². The van der Waals surface area contributed by atoms with Crippen molar-refractivity contribution in [1.29, 1.82) is 0 Å². The third-order valence-electron chi connectivity index (χ3n) is 3.93. The second-order valence-electron chi connectivity index (χ2n) is 5.84. The maximum absolute atomic E-state index is 12.1. The summed E-state index contributed by atoms with van der Waals surface area (Å²) in [4.78, 5) is 12.1. The molecule has 0 aliphatic rings. The Morgan fingerprint density at radius 3 is 2.35 bits per heavy atom. The summed E-state index contributed by atoms with van der Waals surface area (Å²) >= 11 is 1.90. The van der Waals surface area contributed by atoms with Crippen molar-refractivity contribution in [2.75, 3.05) is 11.1 Å². The molecule has 0 saturated heterocycles. The highest BCUT2D eigenvalue weighted by molar-refractivity contribution is 7.99. The standard InChI is InChI=1S/C20H25NOS/c1-15-9-7-10-16(2)20(15)21-19(22)13-8-14-23-17(3)18-11-5-4-6-12-18/h4-7,9-12,17H,8,13-14H2,1-3H3,(H,21,22). The lowest BCUT2D eigenvalue weighted by molar-refractivity contribution is -0.116. The second kappa shape index (κ2) is 8.78. The molecule has 1 N–H and O–H groups in total. The van der Waals surface area contributed by atoms with Gasteiger partial charge in [-0.05, 0) is 49.6 Å². The number of anilines is 1. The molecule has 122 valence electrons. The molecule has 2 rings (SSSR count). The van der Waals surface area contributed by atoms with Crippen LogP contribution >= 0.6 is 11.8 Å². The first-order chi connectivity index (χ1) is 11.1. The Hall–Kier alpha value is -1.74. The molecule has 0 spiro atoms. The van der Waals surface area contributed by atoms with Gasteiger partial charge in [0.1, 0.15) is 0 Å². The zero-order valence-corrected chi connectivity index (χ0v) is 15.0. The fourth-order valence-electron chi connectivity index (χ4n) is 2.53. The van der Waals surface area contributed by atoms with Crippen LogP contribution in [-0.4, -0.2) is 11.7 Å². The molecular weight excluding hydrogens is 302 g/mol. The first-order valence-corrected chi connectivity index (χ1v) is 9.15. The highest BCUT2D eigenvalue weighted by atomic mass is 32.2. The molecule has 0 aliphatic heterocycles. The number of rotatable bonds is 7. The molecule has 1 atom stereocenters. The van der Waals surface area contributed by atoms with Gasteiger partial charge in [-0.25, -0.2) is 0 Å². The van der Waals surface area contributed by atoms with E-state index in [9.17, 15) is 4.79 Å². The Kier molecular flexibility index (Phi) is 6.72. The van der Waals surface area contributed by atoms with E-state index < -0.39 is 0 Å². The summed E-state index contributed by atoms with van der Waals surface area (Å²) in [5.74, 6) is 1.10. The van der Waals surface area contributed by atoms with Crippen LogP contribution in [0.4, 0.5) is 5.69 Å². The highest BCUT2D eigenvalue weighted by Crippen LogP contribution is 2.28. The van der Waals surface area contributed by atoms with Crippen molar-refractivity contribution in [2.45, 2.75) is 38.9 Å². The van der Waals surface area contributed by atoms with Crippen LogP contribution in [0.3, 0.4) is 0 Å². The summed E-state index contributed by atoms with van der Waals surface area (Å²) in [5.41, 5.74) is 4.54. The van der Waals surface area contributed by atoms with E-state index in [4.69, 9.17) is 0 Å². The molecule has 0 saturated carbocycles. The average Bonchev–Trinajstić information content (AvgIpc) is 2.56. The summed E-state index contributed by atoms with van der Waals surface area (Å²) in [5, 5.41) is 3.52. The summed E-state index contributed by atoms with van der Waals surface area (Å²) in [6.07, 6.45) is 1.47. The number of benzene rings is 2. The molecular formula is C20H25NOS. The molecule has 2 nitrogen and oxygen atoms in total. The van der Waals surface area contributed by atoms with Gasteiger partial charge >= 0.3 is 0 Å². The molecule has 0 heterocycles. The Morgan fingerprint density at radius 1 is 1.04 bits per heavy atom. The lowest BCUT2D eigenvalue weighted by Crippen LogP contribution is -2.13. The lowest BCUT2D eigenvalue weighted by Gasteiger charge is -2.13. The minimum atomic E-state index is 0.107. The van der Waals surface area contributed by atoms with E-state index in [1.54, 1.807) is 0 Å². The van der Waals surface area contributed by atoms with E-state index in [1.165, 1.54) is 5.56 Å². The SMILES string of the molecule is Cc1cccc(C)c1NC(=O)CCCSC(C)c1ccccc1. The number of thioether (sulfide) groups is 1. The maximum atomic E-state index is 12.1. The first kappa shape index (κ1) is 17.6. The zero-order chi connectivity index (χ0) is 16.7. The predicted octanol–water partition coefficient (Wildman–Crippen LogP) is 5.52. The summed E-state index contributed by atoms with van der Waals surface area (Å²) in [7, 11) is 0. The first-order valence-electron chi connectivity index (χ1n) is 8.10. The van der Waals surface area contributed by atoms with Gasteiger partial charge in [-0.2, -0.15) is 11.8 Å². The summed E-state index contributed by atoms with van der Waals surface area (Å²) in [6.45, 7) is 6.27. The Morgan fingerprint density at radius 2 is 1.70 bits per heavy atom. The second-order valence-corrected chi connectivity index (χ2v) is 7.29. The zero-order valence-electron chi connectivity index (χ0n) is 14.1. The third kappa shape index (κ3) is 5.43. The molecule has 0 fully saturated rings. The maximum Gasteiger partial charge on any atom is 0.224 e. The van der Waals surface area contributed by atoms with Crippen LogP contribution in [0.5, 0.6) is 0 Å². The number of hydrogen-bond donors (Lipinski definition) is 1. The van der Waals surface area contributed by atoms with Crippen molar-refractivity contribution in [3.8, 4) is 0 Å². The predicted molar refractivity (Wildman–Crippen MR) is 101 cm³/mol. The van der Waals surface area contributed by atoms with E-state index in [2.05, 4.69) is 36.5 Å². The highest BCUT2D eigenvalue weighted by Gasteiger charge is 2.08. The number of carbonyl (C=O) groups excluding carboxylic acids is 1. The molecule has 2 aromatic carbocycles. The van der Waals surface area contributed by atoms with Gasteiger partial charge in [0.25, 0.3) is 0 Å². The molecule has 2 aromatic rings. The van der Waals surface area contributed by atoms with Crippen molar-refractivity contribution in [2.24, 2.45) is 0 Å². The number of para-hydroxylation sites is 1. The smallest absolute Gasteiger partial charge is 0.224 e. The molecule has 23 heavy (non-hydrogen) atoms. The number of nitrogens with one attached hydrogen (secondary N) is 1. The van der Waals surface area contributed by atoms with Gasteiger partial charge in [0, 0.05) is 17.4 Å². The van der Waals surface area contributed by atoms with Crippen molar-refractivity contribution < 1.29 is 4.79 Å². The van der Waals surface area contributed by atoms with Crippen LogP contribution < -0.4 is 5.32 Å². The van der Waals surface area contributed by atoms with E-state index in [1.807, 2.05) is 49.9 Å². The van der Waals surface area contributed by atoms with Gasteiger partial charge in [-0.3, -0.25) is 4.79 Å². The molecule has 1 unspecified atom stereocenters. The van der Waals surface area contributed by atoms with Gasteiger partial charge < -0.3 is 5.32 Å². The van der Waals surface area contributed by atoms with E-state index in [-0.39, 0.29) is 5.91 Å². The van der Waals surface area contributed by atoms with Crippen molar-refractivity contribution in [1.82, 2.24) is 0 Å². The summed E-state index contributed by atoms with van der Waals surface area (Å²) in [6, 6.07) is 16.6. The minimum absolute atomic E-state index is 0.107. The quantitative estimate of drug-likeness (QED) is 0.679. The minimum Gasteiger partial charge on any atom is -0.326 e. The normalized spacial score (nSPS) is 12.0. The Labute approximate surface area is 143 Å². The fraction of sp³-hybridized carbons (Fsp3) is 0.350. The third-order valence-corrected chi connectivity index (χ3v) is 5.23. The van der Waals surface area contributed by atoms with Crippen LogP contribution in [0.15, 0.2) is 48.5 Å². The number of aryl methyl sites for hydroxylation is 2. The fourth-order valence-corrected chi connectivity index (χ4v) is 3.54. The molecule has 3 heteroatoms. The monoisotopic (exact) mass is 327 g/mol. The van der Waals surface area contributed by atoms with E-state index in [0.29, 0.717) is 11.7 Å². The Bertz CT molecular complexity index is 619. The van der Waals surface area contributed by atoms with Crippen molar-refractivity contribution in [3.63, 3.8) is 0 Å². The van der Waals surface area contributed by atoms with Gasteiger partial charge in [-0.1, -0.05) is 48.5 Å². The van der Waals surface area contributed by atoms with Crippen molar-refractivity contribution in [3.05, 3.63) is 65.2 Å².